The van der Waals surface area contributed by atoms with Gasteiger partial charge in [0.15, 0.2) is 0 Å². The van der Waals surface area contributed by atoms with E-state index in [4.69, 9.17) is 0 Å². The fraction of sp³-hybridized carbons (Fsp3) is 0.529. The Labute approximate surface area is 129 Å². The zero-order valence-corrected chi connectivity index (χ0v) is 12.8. The van der Waals surface area contributed by atoms with Crippen molar-refractivity contribution in [1.82, 2.24) is 14.9 Å². The van der Waals surface area contributed by atoms with Gasteiger partial charge in [0, 0.05) is 31.3 Å². The van der Waals surface area contributed by atoms with Crippen LogP contribution in [0.4, 0.5) is 0 Å². The number of aliphatic hydroxyl groups excluding tert-OH is 1. The lowest BCUT2D eigenvalue weighted by molar-refractivity contribution is -0.130. The van der Waals surface area contributed by atoms with Gasteiger partial charge < -0.3 is 15.0 Å². The number of H-pyrrole nitrogens is 1. The number of benzene rings is 1. The fourth-order valence-corrected chi connectivity index (χ4v) is 3.52. The van der Waals surface area contributed by atoms with Gasteiger partial charge in [-0.05, 0) is 31.4 Å². The number of rotatable bonds is 3. The van der Waals surface area contributed by atoms with E-state index in [1.165, 1.54) is 0 Å². The first-order valence-electron chi connectivity index (χ1n) is 7.97. The lowest BCUT2D eigenvalue weighted by Crippen LogP contribution is -2.29. The number of nitrogens with one attached hydrogen (secondary N) is 1. The normalized spacial score (nSPS) is 22.6. The lowest BCUT2D eigenvalue weighted by atomic mass is 10.0. The number of likely N-dealkylation sites (tertiary alicyclic amines) is 1. The van der Waals surface area contributed by atoms with Crippen LogP contribution in [-0.4, -0.2) is 45.1 Å². The number of amides is 1. The van der Waals surface area contributed by atoms with Crippen LogP contribution in [0.25, 0.3) is 11.0 Å². The third-order valence-electron chi connectivity index (χ3n) is 5.19. The fourth-order valence-electron chi connectivity index (χ4n) is 3.52. The van der Waals surface area contributed by atoms with Crippen LogP contribution in [0.15, 0.2) is 18.2 Å². The standard InChI is InChI=1S/C17H21N3O2/c1-11-3-2-4-12-16(11)19-14(18-12)5-6-15(22)20-9-13(21)17(10-20)7-8-17/h2-4,13,21H,5-10H2,1H3,(H,18,19). The van der Waals surface area contributed by atoms with Crippen LogP contribution in [-0.2, 0) is 11.2 Å². The van der Waals surface area contributed by atoms with E-state index >= 15 is 0 Å². The van der Waals surface area contributed by atoms with Gasteiger partial charge in [-0.2, -0.15) is 0 Å². The van der Waals surface area contributed by atoms with Crippen LogP contribution in [0.3, 0.4) is 0 Å². The largest absolute Gasteiger partial charge is 0.391 e. The van der Waals surface area contributed by atoms with E-state index in [9.17, 15) is 9.90 Å². The second kappa shape index (κ2) is 4.81. The molecule has 1 spiro atoms. The van der Waals surface area contributed by atoms with E-state index in [1.54, 1.807) is 0 Å². The van der Waals surface area contributed by atoms with Crippen molar-refractivity contribution in [2.24, 2.45) is 5.41 Å². The van der Waals surface area contributed by atoms with Crippen LogP contribution in [0, 0.1) is 12.3 Å². The first kappa shape index (κ1) is 13.8. The molecule has 1 saturated heterocycles. The molecule has 2 aliphatic rings. The molecule has 2 aromatic rings. The summed E-state index contributed by atoms with van der Waals surface area (Å²) in [7, 11) is 0. The smallest absolute Gasteiger partial charge is 0.223 e. The number of aromatic nitrogens is 2. The number of aromatic amines is 1. The molecule has 1 aliphatic carbocycles. The number of β-amino-alcohol motifs (C(OH)–C–C–N with tert-alkyl or cyclic N) is 1. The molecule has 1 aliphatic heterocycles. The average Bonchev–Trinajstić information content (AvgIpc) is 3.02. The van der Waals surface area contributed by atoms with E-state index in [1.807, 2.05) is 30.0 Å². The van der Waals surface area contributed by atoms with E-state index in [2.05, 4.69) is 9.97 Å². The molecular formula is C17H21N3O2. The molecule has 1 unspecified atom stereocenters. The van der Waals surface area contributed by atoms with Gasteiger partial charge in [0.25, 0.3) is 0 Å². The Bertz CT molecular complexity index is 733. The molecule has 1 atom stereocenters. The van der Waals surface area contributed by atoms with Crippen LogP contribution in [0.1, 0.15) is 30.7 Å². The molecule has 2 fully saturated rings. The Kier molecular flexibility index (Phi) is 3.01. The van der Waals surface area contributed by atoms with Crippen LogP contribution < -0.4 is 0 Å². The van der Waals surface area contributed by atoms with Crippen molar-refractivity contribution in [1.29, 1.82) is 0 Å². The zero-order valence-electron chi connectivity index (χ0n) is 12.8. The van der Waals surface area contributed by atoms with Gasteiger partial charge in [-0.25, -0.2) is 4.98 Å². The van der Waals surface area contributed by atoms with Gasteiger partial charge in [0.2, 0.25) is 5.91 Å². The minimum absolute atomic E-state index is 0.0339. The number of carbonyl (C=O) groups is 1. The average molecular weight is 299 g/mol. The predicted molar refractivity (Wildman–Crippen MR) is 83.4 cm³/mol. The molecule has 5 nitrogen and oxygen atoms in total. The van der Waals surface area contributed by atoms with Crippen molar-refractivity contribution in [2.75, 3.05) is 13.1 Å². The molecule has 4 rings (SSSR count). The molecule has 1 saturated carbocycles. The maximum atomic E-state index is 12.3. The summed E-state index contributed by atoms with van der Waals surface area (Å²) in [6.07, 6.45) is 2.85. The number of imidazole rings is 1. The first-order valence-corrected chi connectivity index (χ1v) is 7.97. The van der Waals surface area contributed by atoms with Gasteiger partial charge in [0.1, 0.15) is 5.82 Å². The van der Waals surface area contributed by atoms with Crippen molar-refractivity contribution < 1.29 is 9.90 Å². The second-order valence-corrected chi connectivity index (χ2v) is 6.81. The number of carbonyl (C=O) groups excluding carboxylic acids is 1. The van der Waals surface area contributed by atoms with E-state index in [0.717, 1.165) is 41.8 Å². The number of hydrogen-bond donors (Lipinski definition) is 2. The maximum absolute atomic E-state index is 12.3. The van der Waals surface area contributed by atoms with E-state index in [-0.39, 0.29) is 17.4 Å². The predicted octanol–water partition coefficient (Wildman–Crippen LogP) is 1.79. The SMILES string of the molecule is Cc1cccc2[nH]c(CCC(=O)N3CC(O)C4(CC4)C3)nc12. The van der Waals surface area contributed by atoms with Gasteiger partial charge in [-0.15, -0.1) is 0 Å². The Morgan fingerprint density at radius 3 is 3.00 bits per heavy atom. The Hall–Kier alpha value is -1.88. The summed E-state index contributed by atoms with van der Waals surface area (Å²) in [6.45, 7) is 3.27. The molecule has 0 bridgehead atoms. The van der Waals surface area contributed by atoms with Crippen LogP contribution >= 0.6 is 0 Å². The first-order chi connectivity index (χ1) is 10.6. The molecule has 2 N–H and O–H groups in total. The summed E-state index contributed by atoms with van der Waals surface area (Å²) < 4.78 is 0. The molecule has 1 aromatic heterocycles. The second-order valence-electron chi connectivity index (χ2n) is 6.81. The molecule has 22 heavy (non-hydrogen) atoms. The van der Waals surface area contributed by atoms with E-state index in [0.29, 0.717) is 19.4 Å². The van der Waals surface area contributed by atoms with Crippen molar-refractivity contribution >= 4 is 16.9 Å². The van der Waals surface area contributed by atoms with Crippen LogP contribution in [0.5, 0.6) is 0 Å². The number of hydrogen-bond acceptors (Lipinski definition) is 3. The summed E-state index contributed by atoms with van der Waals surface area (Å²) in [4.78, 5) is 22.0. The highest BCUT2D eigenvalue weighted by Gasteiger charge is 2.55. The van der Waals surface area contributed by atoms with Crippen LogP contribution in [0.2, 0.25) is 0 Å². The summed E-state index contributed by atoms with van der Waals surface area (Å²) in [6, 6.07) is 6.05. The number of aryl methyl sites for hydroxylation is 2. The topological polar surface area (TPSA) is 69.2 Å². The highest BCUT2D eigenvalue weighted by molar-refractivity contribution is 5.79. The van der Waals surface area contributed by atoms with Gasteiger partial charge in [-0.3, -0.25) is 4.79 Å². The minimum atomic E-state index is -0.328. The highest BCUT2D eigenvalue weighted by Crippen LogP contribution is 2.52. The summed E-state index contributed by atoms with van der Waals surface area (Å²) in [5.41, 5.74) is 3.19. The molecular weight excluding hydrogens is 278 g/mol. The summed E-state index contributed by atoms with van der Waals surface area (Å²) in [5.74, 6) is 0.985. The summed E-state index contributed by atoms with van der Waals surface area (Å²) in [5, 5.41) is 10.0. The summed E-state index contributed by atoms with van der Waals surface area (Å²) >= 11 is 0. The Balaban J connectivity index is 1.41. The lowest BCUT2D eigenvalue weighted by Gasteiger charge is -2.15. The quantitative estimate of drug-likeness (QED) is 0.908. The number of para-hydroxylation sites is 1. The monoisotopic (exact) mass is 299 g/mol. The molecule has 1 aromatic carbocycles. The van der Waals surface area contributed by atoms with E-state index < -0.39 is 0 Å². The Morgan fingerprint density at radius 2 is 2.32 bits per heavy atom. The third kappa shape index (κ3) is 2.20. The van der Waals surface area contributed by atoms with Crippen molar-refractivity contribution in [3.8, 4) is 0 Å². The number of aliphatic hydroxyl groups is 1. The van der Waals surface area contributed by atoms with Crippen molar-refractivity contribution in [3.05, 3.63) is 29.6 Å². The van der Waals surface area contributed by atoms with Gasteiger partial charge in [0.05, 0.1) is 17.1 Å². The third-order valence-corrected chi connectivity index (χ3v) is 5.19. The molecule has 0 radical (unpaired) electrons. The Morgan fingerprint density at radius 1 is 1.50 bits per heavy atom. The number of nitrogens with zero attached hydrogens (tertiary/aromatic N) is 2. The van der Waals surface area contributed by atoms with Crippen molar-refractivity contribution in [2.45, 2.75) is 38.7 Å². The molecule has 1 amide bonds. The zero-order chi connectivity index (χ0) is 15.3. The minimum Gasteiger partial charge on any atom is -0.391 e. The maximum Gasteiger partial charge on any atom is 0.223 e. The van der Waals surface area contributed by atoms with Gasteiger partial charge >= 0.3 is 0 Å². The van der Waals surface area contributed by atoms with Gasteiger partial charge in [-0.1, -0.05) is 12.1 Å². The molecule has 2 heterocycles. The number of fused-ring (bicyclic) bond motifs is 1. The van der Waals surface area contributed by atoms with Crippen molar-refractivity contribution in [3.63, 3.8) is 0 Å². The molecule has 116 valence electrons. The molecule has 5 heteroatoms. The highest BCUT2D eigenvalue weighted by atomic mass is 16.3.